The number of carbonyl (C=O) groups excluding carboxylic acids is 2. The molecule has 11 heteroatoms. The third kappa shape index (κ3) is 4.50. The summed E-state index contributed by atoms with van der Waals surface area (Å²) in [5.74, 6) is -0.930. The van der Waals surface area contributed by atoms with Crippen molar-refractivity contribution in [3.8, 4) is 11.5 Å². The lowest BCUT2D eigenvalue weighted by atomic mass is 9.95. The first-order valence-electron chi connectivity index (χ1n) is 11.7. The summed E-state index contributed by atoms with van der Waals surface area (Å²) < 4.78 is 16.1. The molecule has 1 atom stereocenters. The van der Waals surface area contributed by atoms with Gasteiger partial charge < -0.3 is 24.2 Å². The van der Waals surface area contributed by atoms with Crippen molar-refractivity contribution < 1.29 is 33.8 Å². The molecule has 1 unspecified atom stereocenters. The number of morpholine rings is 1. The number of nitro benzene ring substituents is 1. The van der Waals surface area contributed by atoms with Gasteiger partial charge in [0.05, 0.1) is 29.8 Å². The largest absolute Gasteiger partial charge is 0.507 e. The van der Waals surface area contributed by atoms with Gasteiger partial charge in [-0.05, 0) is 42.3 Å². The molecule has 5 rings (SSSR count). The number of likely N-dealkylation sites (tertiary alicyclic amines) is 1. The zero-order valence-electron chi connectivity index (χ0n) is 19.4. The Kier molecular flexibility index (Phi) is 6.57. The minimum atomic E-state index is -0.888. The minimum absolute atomic E-state index is 0.0515. The summed E-state index contributed by atoms with van der Waals surface area (Å²) in [6.07, 6.45) is 0.612. The van der Waals surface area contributed by atoms with E-state index in [1.54, 1.807) is 18.2 Å². The van der Waals surface area contributed by atoms with Gasteiger partial charge in [-0.3, -0.25) is 24.6 Å². The molecule has 11 nitrogen and oxygen atoms in total. The minimum Gasteiger partial charge on any atom is -0.507 e. The van der Waals surface area contributed by atoms with Crippen LogP contribution in [0.15, 0.2) is 48.0 Å². The average molecular weight is 495 g/mol. The third-order valence-corrected chi connectivity index (χ3v) is 6.58. The van der Waals surface area contributed by atoms with Gasteiger partial charge in [-0.2, -0.15) is 0 Å². The molecule has 0 aliphatic carbocycles. The second-order valence-electron chi connectivity index (χ2n) is 8.72. The number of hydrogen-bond donors (Lipinski definition) is 1. The molecule has 3 aliphatic heterocycles. The number of aliphatic hydroxyl groups excluding tert-OH is 1. The van der Waals surface area contributed by atoms with Crippen LogP contribution in [0.25, 0.3) is 5.76 Å². The second kappa shape index (κ2) is 9.96. The number of benzene rings is 2. The Balaban J connectivity index is 1.49. The van der Waals surface area contributed by atoms with Crippen molar-refractivity contribution in [1.82, 2.24) is 9.80 Å². The van der Waals surface area contributed by atoms with E-state index in [9.17, 15) is 24.8 Å². The maximum Gasteiger partial charge on any atom is 0.295 e. The molecule has 3 heterocycles. The molecule has 2 fully saturated rings. The molecule has 0 radical (unpaired) electrons. The second-order valence-corrected chi connectivity index (χ2v) is 8.72. The number of amides is 1. The van der Waals surface area contributed by atoms with Crippen LogP contribution >= 0.6 is 0 Å². The molecule has 0 spiro atoms. The van der Waals surface area contributed by atoms with E-state index in [-0.39, 0.29) is 30.4 Å². The molecule has 1 N–H and O–H groups in total. The first-order valence-corrected chi connectivity index (χ1v) is 11.7. The number of non-ortho nitro benzene ring substituents is 1. The Hall–Kier alpha value is -3.96. The molecule has 2 aromatic rings. The molecule has 3 aliphatic rings. The zero-order chi connectivity index (χ0) is 25.2. The fourth-order valence-electron chi connectivity index (χ4n) is 4.72. The van der Waals surface area contributed by atoms with E-state index < -0.39 is 22.7 Å². The van der Waals surface area contributed by atoms with Crippen LogP contribution in [0.3, 0.4) is 0 Å². The predicted molar refractivity (Wildman–Crippen MR) is 127 cm³/mol. The quantitative estimate of drug-likeness (QED) is 0.202. The van der Waals surface area contributed by atoms with E-state index in [0.29, 0.717) is 42.3 Å². The summed E-state index contributed by atoms with van der Waals surface area (Å²) in [5, 5.41) is 22.4. The van der Waals surface area contributed by atoms with Crippen LogP contribution in [0.1, 0.15) is 23.6 Å². The van der Waals surface area contributed by atoms with Gasteiger partial charge in [0.25, 0.3) is 17.4 Å². The van der Waals surface area contributed by atoms with Gasteiger partial charge in [0.2, 0.25) is 6.79 Å². The van der Waals surface area contributed by atoms with E-state index in [1.807, 2.05) is 0 Å². The average Bonchev–Trinajstić information content (AvgIpc) is 3.47. The predicted octanol–water partition coefficient (Wildman–Crippen LogP) is 2.47. The first kappa shape index (κ1) is 23.8. The van der Waals surface area contributed by atoms with Crippen molar-refractivity contribution in [2.75, 3.05) is 46.2 Å². The first-order chi connectivity index (χ1) is 17.4. The number of Topliss-reactive ketones (excluding diaryl/α,β-unsaturated/α-hetero) is 1. The van der Waals surface area contributed by atoms with Gasteiger partial charge in [-0.25, -0.2) is 0 Å². The number of nitro groups is 1. The molecule has 0 aromatic heterocycles. The molecule has 0 bridgehead atoms. The summed E-state index contributed by atoms with van der Waals surface area (Å²) >= 11 is 0. The van der Waals surface area contributed by atoms with E-state index >= 15 is 0 Å². The van der Waals surface area contributed by atoms with Crippen LogP contribution in [0.2, 0.25) is 0 Å². The Morgan fingerprint density at radius 2 is 1.75 bits per heavy atom. The lowest BCUT2D eigenvalue weighted by Crippen LogP contribution is -2.38. The Labute approximate surface area is 206 Å². The highest BCUT2D eigenvalue weighted by Crippen LogP contribution is 2.41. The van der Waals surface area contributed by atoms with Crippen LogP contribution < -0.4 is 9.47 Å². The normalized spacial score (nSPS) is 21.2. The van der Waals surface area contributed by atoms with Crippen molar-refractivity contribution in [2.24, 2.45) is 0 Å². The van der Waals surface area contributed by atoms with E-state index in [2.05, 4.69) is 4.90 Å². The van der Waals surface area contributed by atoms with Crippen molar-refractivity contribution in [1.29, 1.82) is 0 Å². The van der Waals surface area contributed by atoms with Gasteiger partial charge in [0.15, 0.2) is 11.5 Å². The Morgan fingerprint density at radius 3 is 2.47 bits per heavy atom. The van der Waals surface area contributed by atoms with Crippen LogP contribution in [0, 0.1) is 10.1 Å². The topological polar surface area (TPSA) is 132 Å². The van der Waals surface area contributed by atoms with E-state index in [0.717, 1.165) is 19.6 Å². The lowest BCUT2D eigenvalue weighted by molar-refractivity contribution is -0.384. The summed E-state index contributed by atoms with van der Waals surface area (Å²) in [5.41, 5.74) is 0.615. The lowest BCUT2D eigenvalue weighted by Gasteiger charge is -2.29. The van der Waals surface area contributed by atoms with Gasteiger partial charge in [-0.1, -0.05) is 0 Å². The van der Waals surface area contributed by atoms with Gasteiger partial charge in [0.1, 0.15) is 5.76 Å². The number of carbonyl (C=O) groups is 2. The van der Waals surface area contributed by atoms with Crippen LogP contribution in [-0.2, 0) is 14.3 Å². The molecule has 0 saturated carbocycles. The number of hydrogen-bond acceptors (Lipinski definition) is 9. The third-order valence-electron chi connectivity index (χ3n) is 6.58. The zero-order valence-corrected chi connectivity index (χ0v) is 19.4. The number of fused-ring (bicyclic) bond motifs is 1. The van der Waals surface area contributed by atoms with Gasteiger partial charge in [0, 0.05) is 43.9 Å². The van der Waals surface area contributed by atoms with Crippen molar-refractivity contribution >= 4 is 23.1 Å². The molecular weight excluding hydrogens is 470 g/mol. The van der Waals surface area contributed by atoms with E-state index in [4.69, 9.17) is 14.2 Å². The molecule has 36 heavy (non-hydrogen) atoms. The standard InChI is InChI=1S/C25H25N3O8/c29-23(17-4-7-19-20(14-17)36-15-35-19)21-22(16-2-5-18(6-3-16)28(32)33)27(25(31)24(21)30)9-1-8-26-10-12-34-13-11-26/h2-7,14,22,29H,1,8-13,15H2/b23-21+. The highest BCUT2D eigenvalue weighted by atomic mass is 16.7. The number of nitrogens with zero attached hydrogens (tertiary/aromatic N) is 3. The Bertz CT molecular complexity index is 1220. The maximum atomic E-state index is 13.2. The van der Waals surface area contributed by atoms with Crippen molar-refractivity contribution in [3.63, 3.8) is 0 Å². The highest BCUT2D eigenvalue weighted by molar-refractivity contribution is 6.46. The fraction of sp³-hybridized carbons (Fsp3) is 0.360. The summed E-state index contributed by atoms with van der Waals surface area (Å²) in [6.45, 7) is 3.97. The smallest absolute Gasteiger partial charge is 0.295 e. The summed E-state index contributed by atoms with van der Waals surface area (Å²) in [6, 6.07) is 9.54. The molecule has 188 valence electrons. The van der Waals surface area contributed by atoms with Crippen LogP contribution in [-0.4, -0.2) is 77.7 Å². The van der Waals surface area contributed by atoms with Crippen LogP contribution in [0.4, 0.5) is 5.69 Å². The monoisotopic (exact) mass is 495 g/mol. The van der Waals surface area contributed by atoms with Crippen LogP contribution in [0.5, 0.6) is 11.5 Å². The summed E-state index contributed by atoms with van der Waals surface area (Å²) in [7, 11) is 0. The fourth-order valence-corrected chi connectivity index (χ4v) is 4.72. The number of ether oxygens (including phenoxy) is 3. The van der Waals surface area contributed by atoms with E-state index in [1.165, 1.54) is 29.2 Å². The van der Waals surface area contributed by atoms with Gasteiger partial charge >= 0.3 is 0 Å². The Morgan fingerprint density at radius 1 is 1.03 bits per heavy atom. The van der Waals surface area contributed by atoms with Gasteiger partial charge in [-0.15, -0.1) is 0 Å². The summed E-state index contributed by atoms with van der Waals surface area (Å²) in [4.78, 5) is 40.6. The molecule has 2 aromatic carbocycles. The molecular formula is C25H25N3O8. The number of rotatable bonds is 7. The molecule has 1 amide bonds. The SMILES string of the molecule is O=C1C(=O)N(CCCN2CCOCC2)C(c2ccc([N+](=O)[O-])cc2)/C1=C(\O)c1ccc2c(c1)OCO2. The molecule has 2 saturated heterocycles. The highest BCUT2D eigenvalue weighted by Gasteiger charge is 2.46. The number of aliphatic hydroxyl groups is 1. The number of ketones is 1. The van der Waals surface area contributed by atoms with Crippen molar-refractivity contribution in [2.45, 2.75) is 12.5 Å². The maximum absolute atomic E-state index is 13.2. The van der Waals surface area contributed by atoms with Crippen molar-refractivity contribution in [3.05, 3.63) is 69.3 Å².